The summed E-state index contributed by atoms with van der Waals surface area (Å²) in [6.45, 7) is 5.11. The molecule has 1 aliphatic rings. The number of nitrogens with zero attached hydrogens (tertiary/aromatic N) is 2. The predicted molar refractivity (Wildman–Crippen MR) is 98.9 cm³/mol. The Kier molecular flexibility index (Phi) is 5.17. The van der Waals surface area contributed by atoms with Crippen LogP contribution in [0.5, 0.6) is 0 Å². The summed E-state index contributed by atoms with van der Waals surface area (Å²) in [6.07, 6.45) is 0. The third kappa shape index (κ3) is 3.53. The standard InChI is InChI=1S/C18H23N3O4S/c1-13-4-6-15(19-18(22)16-7-5-14(2)20(16)3)12-17(13)26(23,24)21-8-10-25-11-9-21/h4-7,12H,8-11H2,1-3H3,(H,19,22). The number of amides is 1. The SMILES string of the molecule is Cc1ccc(NC(=O)c2ccc(C)n2C)cc1S(=O)(=O)N1CCOCC1. The Labute approximate surface area is 153 Å². The van der Waals surface area contributed by atoms with E-state index in [1.54, 1.807) is 29.7 Å². The zero-order chi connectivity index (χ0) is 18.9. The van der Waals surface area contributed by atoms with E-state index >= 15 is 0 Å². The van der Waals surface area contributed by atoms with E-state index < -0.39 is 10.0 Å². The number of sulfonamides is 1. The lowest BCUT2D eigenvalue weighted by atomic mass is 10.2. The highest BCUT2D eigenvalue weighted by Gasteiger charge is 2.28. The molecule has 0 atom stereocenters. The minimum atomic E-state index is -3.62. The number of nitrogens with one attached hydrogen (secondary N) is 1. The fourth-order valence-corrected chi connectivity index (χ4v) is 4.58. The lowest BCUT2D eigenvalue weighted by Gasteiger charge is -2.26. The second kappa shape index (κ2) is 7.22. The average Bonchev–Trinajstić information content (AvgIpc) is 2.96. The molecule has 0 bridgehead atoms. The van der Waals surface area contributed by atoms with Crippen molar-refractivity contribution in [3.63, 3.8) is 0 Å². The van der Waals surface area contributed by atoms with E-state index in [9.17, 15) is 13.2 Å². The average molecular weight is 377 g/mol. The van der Waals surface area contributed by atoms with Crippen LogP contribution in [0.25, 0.3) is 0 Å². The molecule has 0 aliphatic carbocycles. The molecule has 26 heavy (non-hydrogen) atoms. The Balaban J connectivity index is 1.88. The van der Waals surface area contributed by atoms with Gasteiger partial charge in [-0.05, 0) is 43.7 Å². The number of carbonyl (C=O) groups excluding carboxylic acids is 1. The molecule has 1 N–H and O–H groups in total. The van der Waals surface area contributed by atoms with Crippen molar-refractivity contribution in [3.8, 4) is 0 Å². The molecule has 0 unspecified atom stereocenters. The molecular formula is C18H23N3O4S. The van der Waals surface area contributed by atoms with Crippen molar-refractivity contribution >= 4 is 21.6 Å². The summed E-state index contributed by atoms with van der Waals surface area (Å²) in [7, 11) is -1.81. The summed E-state index contributed by atoms with van der Waals surface area (Å²) in [4.78, 5) is 12.7. The minimum Gasteiger partial charge on any atom is -0.379 e. The molecule has 1 fully saturated rings. The highest BCUT2D eigenvalue weighted by atomic mass is 32.2. The van der Waals surface area contributed by atoms with Gasteiger partial charge < -0.3 is 14.6 Å². The molecule has 1 amide bonds. The van der Waals surface area contributed by atoms with Gasteiger partial charge in [-0.15, -0.1) is 0 Å². The van der Waals surface area contributed by atoms with Gasteiger partial charge in [0.05, 0.1) is 18.1 Å². The molecule has 0 radical (unpaired) electrons. The van der Waals surface area contributed by atoms with Crippen LogP contribution < -0.4 is 5.32 Å². The topological polar surface area (TPSA) is 80.6 Å². The van der Waals surface area contributed by atoms with Gasteiger partial charge in [-0.2, -0.15) is 4.31 Å². The van der Waals surface area contributed by atoms with Gasteiger partial charge in [0.25, 0.3) is 5.91 Å². The van der Waals surface area contributed by atoms with Crippen molar-refractivity contribution in [2.24, 2.45) is 7.05 Å². The van der Waals surface area contributed by atoms with E-state index in [1.807, 2.05) is 20.0 Å². The van der Waals surface area contributed by atoms with E-state index in [2.05, 4.69) is 5.32 Å². The smallest absolute Gasteiger partial charge is 0.272 e. The van der Waals surface area contributed by atoms with Crippen LogP contribution in [-0.2, 0) is 21.8 Å². The summed E-state index contributed by atoms with van der Waals surface area (Å²) in [5.74, 6) is -0.279. The first-order chi connectivity index (χ1) is 12.3. The molecule has 8 heteroatoms. The van der Waals surface area contributed by atoms with Crippen molar-refractivity contribution in [1.82, 2.24) is 8.87 Å². The first-order valence-corrected chi connectivity index (χ1v) is 9.87. The van der Waals surface area contributed by atoms with Crippen LogP contribution in [-0.4, -0.2) is 49.5 Å². The molecule has 2 heterocycles. The Hall–Kier alpha value is -2.16. The fraction of sp³-hybridized carbons (Fsp3) is 0.389. The Morgan fingerprint density at radius 3 is 2.42 bits per heavy atom. The van der Waals surface area contributed by atoms with Crippen molar-refractivity contribution in [2.45, 2.75) is 18.7 Å². The van der Waals surface area contributed by atoms with Gasteiger partial charge in [0.1, 0.15) is 5.69 Å². The number of rotatable bonds is 4. The summed E-state index contributed by atoms with van der Waals surface area (Å²) in [5.41, 5.74) is 2.57. The number of aromatic nitrogens is 1. The number of hydrogen-bond donors (Lipinski definition) is 1. The molecule has 0 saturated carbocycles. The van der Waals surface area contributed by atoms with E-state index in [4.69, 9.17) is 4.74 Å². The van der Waals surface area contributed by atoms with Gasteiger partial charge in [0.15, 0.2) is 0 Å². The number of morpholine rings is 1. The zero-order valence-corrected chi connectivity index (χ0v) is 16.0. The quantitative estimate of drug-likeness (QED) is 0.883. The normalized spacial score (nSPS) is 15.8. The van der Waals surface area contributed by atoms with E-state index in [0.717, 1.165) is 5.69 Å². The lowest BCUT2D eigenvalue weighted by molar-refractivity contribution is 0.0730. The monoisotopic (exact) mass is 377 g/mol. The van der Waals surface area contributed by atoms with Gasteiger partial charge in [-0.25, -0.2) is 8.42 Å². The maximum absolute atomic E-state index is 12.9. The van der Waals surface area contributed by atoms with Gasteiger partial charge >= 0.3 is 0 Å². The van der Waals surface area contributed by atoms with Crippen LogP contribution in [0.15, 0.2) is 35.2 Å². The Morgan fingerprint density at radius 2 is 1.81 bits per heavy atom. The molecule has 0 spiro atoms. The summed E-state index contributed by atoms with van der Waals surface area (Å²) in [6, 6.07) is 8.54. The van der Waals surface area contributed by atoms with Gasteiger partial charge in [-0.1, -0.05) is 6.07 Å². The maximum atomic E-state index is 12.9. The van der Waals surface area contributed by atoms with Crippen LogP contribution >= 0.6 is 0 Å². The molecule has 1 aromatic heterocycles. The van der Waals surface area contributed by atoms with Crippen LogP contribution in [0.4, 0.5) is 5.69 Å². The number of carbonyl (C=O) groups is 1. The number of anilines is 1. The lowest BCUT2D eigenvalue weighted by Crippen LogP contribution is -2.40. The Morgan fingerprint density at radius 1 is 1.12 bits per heavy atom. The fourth-order valence-electron chi connectivity index (χ4n) is 2.92. The van der Waals surface area contributed by atoms with E-state index in [0.29, 0.717) is 43.2 Å². The molecule has 140 valence electrons. The maximum Gasteiger partial charge on any atom is 0.272 e. The van der Waals surface area contributed by atoms with Crippen LogP contribution in [0.2, 0.25) is 0 Å². The molecule has 3 rings (SSSR count). The largest absolute Gasteiger partial charge is 0.379 e. The highest BCUT2D eigenvalue weighted by molar-refractivity contribution is 7.89. The first-order valence-electron chi connectivity index (χ1n) is 8.43. The van der Waals surface area contributed by atoms with Crippen molar-refractivity contribution in [1.29, 1.82) is 0 Å². The van der Waals surface area contributed by atoms with Crippen molar-refractivity contribution in [3.05, 3.63) is 47.3 Å². The van der Waals surface area contributed by atoms with Crippen LogP contribution in [0, 0.1) is 13.8 Å². The molecule has 7 nitrogen and oxygen atoms in total. The van der Waals surface area contributed by atoms with Crippen molar-refractivity contribution < 1.29 is 17.9 Å². The summed E-state index contributed by atoms with van der Waals surface area (Å²) < 4.78 is 34.3. The minimum absolute atomic E-state index is 0.209. The second-order valence-electron chi connectivity index (χ2n) is 6.37. The first kappa shape index (κ1) is 18.6. The highest BCUT2D eigenvalue weighted by Crippen LogP contribution is 2.24. The molecule has 2 aromatic rings. The zero-order valence-electron chi connectivity index (χ0n) is 15.2. The molecule has 1 saturated heterocycles. The number of hydrogen-bond acceptors (Lipinski definition) is 4. The van der Waals surface area contributed by atoms with E-state index in [-0.39, 0.29) is 10.8 Å². The third-order valence-corrected chi connectivity index (χ3v) is 6.68. The van der Waals surface area contributed by atoms with E-state index in [1.165, 1.54) is 10.4 Å². The Bertz CT molecular complexity index is 928. The summed E-state index contributed by atoms with van der Waals surface area (Å²) >= 11 is 0. The number of aryl methyl sites for hydroxylation is 2. The van der Waals surface area contributed by atoms with Crippen LogP contribution in [0.3, 0.4) is 0 Å². The predicted octanol–water partition coefficient (Wildman–Crippen LogP) is 1.92. The number of benzene rings is 1. The number of ether oxygens (including phenoxy) is 1. The third-order valence-electron chi connectivity index (χ3n) is 4.64. The van der Waals surface area contributed by atoms with Gasteiger partial charge in [-0.3, -0.25) is 4.79 Å². The van der Waals surface area contributed by atoms with Crippen LogP contribution in [0.1, 0.15) is 21.7 Å². The van der Waals surface area contributed by atoms with Crippen molar-refractivity contribution in [2.75, 3.05) is 31.6 Å². The summed E-state index contributed by atoms with van der Waals surface area (Å²) in [5, 5.41) is 2.79. The second-order valence-corrected chi connectivity index (χ2v) is 8.28. The molecular weight excluding hydrogens is 354 g/mol. The van der Waals surface area contributed by atoms with Gasteiger partial charge in [0, 0.05) is 31.5 Å². The molecule has 1 aliphatic heterocycles. The van der Waals surface area contributed by atoms with Gasteiger partial charge in [0.2, 0.25) is 10.0 Å². The molecule has 1 aromatic carbocycles.